The zero-order valence-corrected chi connectivity index (χ0v) is 55.0. The molecule has 4 aromatic heterocycles. The highest BCUT2D eigenvalue weighted by molar-refractivity contribution is 7.94. The number of carboxylic acid groups (broad SMARTS) is 2. The Morgan fingerprint density at radius 1 is 0.798 bits per heavy atom. The first-order chi connectivity index (χ1) is 43.9. The molecule has 0 saturated carbocycles. The number of pyridine rings is 1. The second kappa shape index (κ2) is 36.7. The lowest BCUT2D eigenvalue weighted by atomic mass is 10.2. The number of alkyl halides is 4. The van der Waals surface area contributed by atoms with Gasteiger partial charge in [-0.15, -0.1) is 11.5 Å². The quantitative estimate of drug-likeness (QED) is 0.0209. The molecule has 5 heterocycles. The average molecular weight is 1470 g/mol. The van der Waals surface area contributed by atoms with Gasteiger partial charge in [-0.2, -0.15) is 50.6 Å². The van der Waals surface area contributed by atoms with Crippen molar-refractivity contribution in [2.24, 2.45) is 0 Å². The monoisotopic (exact) mass is 1470 g/mol. The van der Waals surface area contributed by atoms with Gasteiger partial charge in [0.2, 0.25) is 35.4 Å². The van der Waals surface area contributed by atoms with Crippen LogP contribution in [0.2, 0.25) is 10.0 Å². The van der Waals surface area contributed by atoms with Gasteiger partial charge in [-0.1, -0.05) is 48.2 Å². The Kier molecular flexibility index (Phi) is 31.1. The number of rotatable bonds is 22. The summed E-state index contributed by atoms with van der Waals surface area (Å²) in [5.74, 6) is -2.64. The number of anilines is 2. The summed E-state index contributed by atoms with van der Waals surface area (Å²) in [7, 11) is -14.3. The van der Waals surface area contributed by atoms with Crippen molar-refractivity contribution in [3.63, 3.8) is 0 Å². The molecule has 514 valence electrons. The summed E-state index contributed by atoms with van der Waals surface area (Å²) in [5.41, 5.74) is -0.416. The van der Waals surface area contributed by atoms with E-state index in [2.05, 4.69) is 69.5 Å². The van der Waals surface area contributed by atoms with Crippen LogP contribution in [-0.2, 0) is 63.1 Å². The number of benzene rings is 2. The van der Waals surface area contributed by atoms with Gasteiger partial charge in [-0.05, 0) is 54.1 Å². The SMILES string of the molecule is C#CCOc1cc(-n2nc3n(c2=O)CCCC3)c(Cl)cc1Cl.CCS(=O)(=O)c1cccnc1S(=O)(=O)NC(=O)Nc1nc(OC)cc(OC)n1.C[S+](C)C.O=C(Nc1nc(OC(F)F)cc(OC(F)F)n1)NS(=O)(=O)c1ccccc1C(=O)O.O=C(O)CNCP(=O)([O-])O. The summed E-state index contributed by atoms with van der Waals surface area (Å²) < 4.78 is 162. The van der Waals surface area contributed by atoms with Crippen molar-refractivity contribution >= 4 is 107 Å². The molecule has 2 aromatic carbocycles. The molecule has 0 fully saturated rings. The van der Waals surface area contributed by atoms with E-state index in [-0.39, 0.29) is 35.8 Å². The lowest BCUT2D eigenvalue weighted by molar-refractivity contribution is -0.193. The van der Waals surface area contributed by atoms with E-state index in [0.29, 0.717) is 45.0 Å². The fourth-order valence-corrected chi connectivity index (χ4v) is 11.2. The van der Waals surface area contributed by atoms with Crippen LogP contribution in [-0.4, -0.2) is 175 Å². The first-order valence-corrected chi connectivity index (χ1v) is 35.1. The van der Waals surface area contributed by atoms with E-state index in [1.165, 1.54) is 60.9 Å². The van der Waals surface area contributed by atoms with Gasteiger partial charge in [0, 0.05) is 25.2 Å². The maximum absolute atomic E-state index is 12.5. The number of aryl methyl sites for hydroxylation is 1. The van der Waals surface area contributed by atoms with Gasteiger partial charge in [0.25, 0.3) is 20.0 Å². The Balaban J connectivity index is 0.000000335. The number of sulfonamides is 2. The van der Waals surface area contributed by atoms with E-state index in [1.807, 2.05) is 5.32 Å². The number of amides is 4. The van der Waals surface area contributed by atoms with Crippen molar-refractivity contribution in [3.8, 4) is 47.3 Å². The maximum atomic E-state index is 12.5. The first-order valence-electron chi connectivity index (χ1n) is 25.5. The zero-order chi connectivity index (χ0) is 70.9. The number of aromatic nitrogens is 8. The number of nitrogens with one attached hydrogen (secondary N) is 5. The van der Waals surface area contributed by atoms with Crippen molar-refractivity contribution < 1.29 is 110 Å². The summed E-state index contributed by atoms with van der Waals surface area (Å²) >= 11 is 12.3. The Bertz CT molecular complexity index is 4100. The molecule has 0 spiro atoms. The summed E-state index contributed by atoms with van der Waals surface area (Å²) in [6.45, 7) is -5.18. The second-order valence-corrected chi connectivity index (χ2v) is 28.2. The highest BCUT2D eigenvalue weighted by Crippen LogP contribution is 2.33. The summed E-state index contributed by atoms with van der Waals surface area (Å²) in [4.78, 5) is 91.9. The Labute approximate surface area is 544 Å². The molecule has 7 rings (SSSR count). The molecule has 34 nitrogen and oxygen atoms in total. The van der Waals surface area contributed by atoms with Crippen molar-refractivity contribution in [1.29, 1.82) is 0 Å². The largest absolute Gasteiger partial charge is 0.778 e. The Hall–Kier alpha value is -8.66. The third kappa shape index (κ3) is 26.4. The topological polar surface area (TPSA) is 482 Å². The molecule has 0 aliphatic carbocycles. The maximum Gasteiger partial charge on any atom is 0.388 e. The first kappa shape index (κ1) is 79.6. The molecular weight excluding hydrogens is 1410 g/mol. The van der Waals surface area contributed by atoms with Gasteiger partial charge in [-0.25, -0.2) is 50.4 Å². The van der Waals surface area contributed by atoms with Crippen molar-refractivity contribution in [2.45, 2.75) is 60.8 Å². The van der Waals surface area contributed by atoms with Crippen LogP contribution in [0.25, 0.3) is 5.69 Å². The number of nitrogens with zero attached hydrogens (tertiary/aromatic N) is 8. The molecule has 1 unspecified atom stereocenters. The molecule has 0 bridgehead atoms. The van der Waals surface area contributed by atoms with E-state index in [9.17, 15) is 76.2 Å². The molecule has 4 amide bonds. The van der Waals surface area contributed by atoms with Crippen LogP contribution in [0.4, 0.5) is 39.0 Å². The smallest absolute Gasteiger partial charge is 0.388 e. The van der Waals surface area contributed by atoms with Crippen LogP contribution in [0, 0.1) is 12.3 Å². The third-order valence-corrected chi connectivity index (χ3v) is 16.1. The Morgan fingerprint density at radius 3 is 1.81 bits per heavy atom. The number of carbonyl (C=O) groups excluding carboxylic acids is 2. The van der Waals surface area contributed by atoms with Gasteiger partial charge >= 0.3 is 42.9 Å². The Morgan fingerprint density at radius 2 is 1.32 bits per heavy atom. The van der Waals surface area contributed by atoms with E-state index in [1.54, 1.807) is 20.7 Å². The highest BCUT2D eigenvalue weighted by Gasteiger charge is 2.30. The molecule has 1 aliphatic rings. The van der Waals surface area contributed by atoms with Gasteiger partial charge in [0.1, 0.15) is 35.6 Å². The van der Waals surface area contributed by atoms with Gasteiger partial charge in [0.05, 0.1) is 85.0 Å². The number of hydrogen-bond donors (Lipinski definition) is 8. The number of halogens is 6. The summed E-state index contributed by atoms with van der Waals surface area (Å²) in [5, 5.41) is 27.1. The number of fused-ring (bicyclic) bond motifs is 1. The van der Waals surface area contributed by atoms with E-state index in [0.717, 1.165) is 49.5 Å². The van der Waals surface area contributed by atoms with Gasteiger partial charge in [0.15, 0.2) is 14.9 Å². The number of terminal acetylenes is 1. The fourth-order valence-electron chi connectivity index (χ4n) is 6.65. The number of hydrogen-bond acceptors (Lipinski definition) is 25. The predicted octanol–water partition coefficient (Wildman–Crippen LogP) is 3.43. The van der Waals surface area contributed by atoms with E-state index < -0.39 is 126 Å². The van der Waals surface area contributed by atoms with Crippen LogP contribution < -0.4 is 59.7 Å². The third-order valence-electron chi connectivity index (χ3n) is 10.3. The molecule has 0 saturated heterocycles. The minimum atomic E-state index is -4.71. The summed E-state index contributed by atoms with van der Waals surface area (Å²) in [6.07, 6.45) is 14.9. The number of sulfone groups is 1. The molecule has 1 aliphatic heterocycles. The number of ether oxygens (including phenoxy) is 5. The molecule has 94 heavy (non-hydrogen) atoms. The zero-order valence-electron chi connectivity index (χ0n) is 49.4. The van der Waals surface area contributed by atoms with Crippen molar-refractivity contribution in [2.75, 3.05) is 68.8 Å². The molecule has 8 N–H and O–H groups in total. The molecule has 0 radical (unpaired) electrons. The van der Waals surface area contributed by atoms with Gasteiger partial charge in [-0.3, -0.25) is 25.3 Å². The van der Waals surface area contributed by atoms with Crippen molar-refractivity contribution in [3.05, 3.63) is 98.8 Å². The molecule has 45 heteroatoms. The number of urea groups is 2. The lowest BCUT2D eigenvalue weighted by Crippen LogP contribution is -2.36. The van der Waals surface area contributed by atoms with Crippen LogP contribution in [0.5, 0.6) is 29.3 Å². The number of carboxylic acids is 2. The lowest BCUT2D eigenvalue weighted by Gasteiger charge is -2.14. The normalized spacial score (nSPS) is 12.3. The number of aliphatic carboxylic acids is 1. The predicted molar refractivity (Wildman–Crippen MR) is 325 cm³/mol. The highest BCUT2D eigenvalue weighted by atomic mass is 35.5. The van der Waals surface area contributed by atoms with E-state index >= 15 is 0 Å². The standard InChI is InChI=1S/C15H13Cl2N3O2.C14H10F4N4O7S.C14H17N5O7S2.C3H8NO5P.C3H9S/c1-2-7-22-13-9-12(10(16)8-11(13)17)20-15(21)19-6-4-3-5-14(19)18-20;15-11(16)28-8-5-9(29-12(17)18)20-13(19-8)21-14(25)22-30(26,27)7-4-2-1-3-6(7)10(23)24;1-4-27(21,22)9-6-5-7-15-12(9)28(23,24)19-14(20)18-13-16-10(25-2)8-11(17-13)26-3;5-3(6)1-4-2-10(7,8)9;1-4(2)3/h1,8-9H,3-7H2;1-5,11-12H,(H,23,24)(H2,19,20,21,22,25);5-8H,4H2,1-3H3,(H2,16,17,18,19,20);4H,1-2H2,(H,5,6)(H2,7,8,9);1-3H3/q;;;;+1/p-1. The minimum absolute atomic E-state index is 0.0612. The molecule has 6 aromatic rings. The number of carbonyl (C=O) groups is 4. The minimum Gasteiger partial charge on any atom is -0.778 e. The van der Waals surface area contributed by atoms with Crippen LogP contribution >= 0.6 is 30.8 Å². The van der Waals surface area contributed by atoms with Crippen LogP contribution in [0.1, 0.15) is 35.9 Å². The summed E-state index contributed by atoms with van der Waals surface area (Å²) in [6, 6.07) is 8.81. The van der Waals surface area contributed by atoms with Crippen molar-refractivity contribution in [1.82, 2.24) is 54.0 Å². The van der Waals surface area contributed by atoms with Gasteiger partial charge < -0.3 is 48.2 Å². The second-order valence-electron chi connectivity index (χ2n) is 17.8. The van der Waals surface area contributed by atoms with Crippen LogP contribution in [0.15, 0.2) is 86.5 Å². The molecule has 1 atom stereocenters. The van der Waals surface area contributed by atoms with Crippen LogP contribution in [0.3, 0.4) is 0 Å². The fraction of sp³-hybridized carbons (Fsp3) is 0.327. The molecular formula is C49H56Cl2F4N13O21PS4. The average Bonchev–Trinajstić information content (AvgIpc) is 1.43. The number of methoxy groups -OCH3 is 2. The number of aromatic carboxylic acids is 1. The van der Waals surface area contributed by atoms with E-state index in [4.69, 9.17) is 58.9 Å².